The van der Waals surface area contributed by atoms with Crippen molar-refractivity contribution in [1.82, 2.24) is 10.2 Å². The standard InChI is InChI=1S/C18H16N4/c19-11-10-14-6-8-16(9-7-14)20-13-17-12-18(22-21-17)15-4-2-1-3-5-15/h1-9,12,20H,10,13H2,(H,21,22). The van der Waals surface area contributed by atoms with Crippen molar-refractivity contribution in [1.29, 1.82) is 5.26 Å². The van der Waals surface area contributed by atoms with Gasteiger partial charge in [0.15, 0.2) is 0 Å². The largest absolute Gasteiger partial charge is 0.379 e. The van der Waals surface area contributed by atoms with Gasteiger partial charge in [0.05, 0.1) is 30.4 Å². The number of benzene rings is 2. The number of hydrogen-bond donors (Lipinski definition) is 2. The minimum Gasteiger partial charge on any atom is -0.379 e. The highest BCUT2D eigenvalue weighted by molar-refractivity contribution is 5.59. The summed E-state index contributed by atoms with van der Waals surface area (Å²) in [6.45, 7) is 0.678. The summed E-state index contributed by atoms with van der Waals surface area (Å²) in [5, 5.41) is 19.4. The molecule has 4 heteroatoms. The van der Waals surface area contributed by atoms with Crippen LogP contribution in [0.15, 0.2) is 60.7 Å². The number of nitriles is 1. The van der Waals surface area contributed by atoms with Crippen molar-refractivity contribution < 1.29 is 0 Å². The highest BCUT2D eigenvalue weighted by Gasteiger charge is 2.03. The van der Waals surface area contributed by atoms with Crippen LogP contribution in [-0.2, 0) is 13.0 Å². The summed E-state index contributed by atoms with van der Waals surface area (Å²) in [6, 6.07) is 22.2. The molecule has 0 saturated carbocycles. The molecule has 0 fully saturated rings. The lowest BCUT2D eigenvalue weighted by atomic mass is 10.1. The molecule has 0 unspecified atom stereocenters. The van der Waals surface area contributed by atoms with Gasteiger partial charge in [0.2, 0.25) is 0 Å². The van der Waals surface area contributed by atoms with Gasteiger partial charge < -0.3 is 5.32 Å². The SMILES string of the molecule is N#CCc1ccc(NCc2cc(-c3ccccc3)n[nH]2)cc1. The predicted octanol–water partition coefficient (Wildman–Crippen LogP) is 3.75. The molecule has 4 nitrogen and oxygen atoms in total. The van der Waals surface area contributed by atoms with Crippen LogP contribution in [0.5, 0.6) is 0 Å². The first-order valence-electron chi connectivity index (χ1n) is 7.14. The fraction of sp³-hybridized carbons (Fsp3) is 0.111. The lowest BCUT2D eigenvalue weighted by Crippen LogP contribution is -1.99. The third kappa shape index (κ3) is 3.33. The number of anilines is 1. The molecule has 0 saturated heterocycles. The second-order valence-electron chi connectivity index (χ2n) is 5.03. The van der Waals surface area contributed by atoms with Crippen molar-refractivity contribution in [3.63, 3.8) is 0 Å². The van der Waals surface area contributed by atoms with Crippen molar-refractivity contribution in [2.45, 2.75) is 13.0 Å². The van der Waals surface area contributed by atoms with Gasteiger partial charge in [-0.15, -0.1) is 0 Å². The molecule has 0 atom stereocenters. The number of aromatic nitrogens is 2. The Labute approximate surface area is 129 Å². The molecule has 3 rings (SSSR count). The van der Waals surface area contributed by atoms with E-state index in [1.807, 2.05) is 60.7 Å². The number of nitrogens with zero attached hydrogens (tertiary/aromatic N) is 2. The van der Waals surface area contributed by atoms with E-state index in [0.29, 0.717) is 13.0 Å². The van der Waals surface area contributed by atoms with Gasteiger partial charge in [-0.3, -0.25) is 5.10 Å². The van der Waals surface area contributed by atoms with Crippen molar-refractivity contribution >= 4 is 5.69 Å². The zero-order valence-electron chi connectivity index (χ0n) is 12.1. The van der Waals surface area contributed by atoms with Crippen LogP contribution in [0, 0.1) is 11.3 Å². The summed E-state index contributed by atoms with van der Waals surface area (Å²) in [5.74, 6) is 0. The summed E-state index contributed by atoms with van der Waals surface area (Å²) in [7, 11) is 0. The molecule has 1 heterocycles. The van der Waals surface area contributed by atoms with E-state index in [4.69, 9.17) is 5.26 Å². The summed E-state index contributed by atoms with van der Waals surface area (Å²) in [6.07, 6.45) is 0.446. The van der Waals surface area contributed by atoms with E-state index in [9.17, 15) is 0 Å². The Kier molecular flexibility index (Phi) is 4.17. The molecule has 0 aliphatic carbocycles. The van der Waals surface area contributed by atoms with Crippen molar-refractivity contribution in [2.75, 3.05) is 5.32 Å². The first kappa shape index (κ1) is 13.9. The summed E-state index contributed by atoms with van der Waals surface area (Å²) >= 11 is 0. The molecule has 0 aliphatic heterocycles. The highest BCUT2D eigenvalue weighted by atomic mass is 15.1. The van der Waals surface area contributed by atoms with Crippen LogP contribution in [0.1, 0.15) is 11.3 Å². The fourth-order valence-corrected chi connectivity index (χ4v) is 2.24. The molecule has 2 aromatic carbocycles. The molecule has 2 N–H and O–H groups in total. The Hall–Kier alpha value is -3.06. The van der Waals surface area contributed by atoms with Crippen LogP contribution >= 0.6 is 0 Å². The van der Waals surface area contributed by atoms with E-state index >= 15 is 0 Å². The van der Waals surface area contributed by atoms with Crippen LogP contribution in [0.4, 0.5) is 5.69 Å². The van der Waals surface area contributed by atoms with Gasteiger partial charge in [-0.2, -0.15) is 10.4 Å². The van der Waals surface area contributed by atoms with Gasteiger partial charge in [0.25, 0.3) is 0 Å². The smallest absolute Gasteiger partial charge is 0.0924 e. The van der Waals surface area contributed by atoms with E-state index in [-0.39, 0.29) is 0 Å². The lowest BCUT2D eigenvalue weighted by Gasteiger charge is -2.05. The van der Waals surface area contributed by atoms with Gasteiger partial charge in [-0.05, 0) is 23.8 Å². The van der Waals surface area contributed by atoms with Crippen molar-refractivity contribution in [2.24, 2.45) is 0 Å². The molecule has 108 valence electrons. The molecule has 0 bridgehead atoms. The topological polar surface area (TPSA) is 64.5 Å². The summed E-state index contributed by atoms with van der Waals surface area (Å²) < 4.78 is 0. The van der Waals surface area contributed by atoms with Crippen LogP contribution in [0.3, 0.4) is 0 Å². The normalized spacial score (nSPS) is 10.1. The van der Waals surface area contributed by atoms with E-state index < -0.39 is 0 Å². The molecule has 0 aliphatic rings. The number of hydrogen-bond acceptors (Lipinski definition) is 3. The number of nitrogens with one attached hydrogen (secondary N) is 2. The zero-order valence-corrected chi connectivity index (χ0v) is 12.1. The van der Waals surface area contributed by atoms with Gasteiger partial charge in [0.1, 0.15) is 0 Å². The zero-order chi connectivity index (χ0) is 15.2. The van der Waals surface area contributed by atoms with Gasteiger partial charge in [-0.1, -0.05) is 42.5 Å². The molecular weight excluding hydrogens is 272 g/mol. The maximum absolute atomic E-state index is 8.66. The van der Waals surface area contributed by atoms with Crippen LogP contribution in [0.25, 0.3) is 11.3 Å². The molecule has 22 heavy (non-hydrogen) atoms. The monoisotopic (exact) mass is 288 g/mol. The van der Waals surface area contributed by atoms with Crippen LogP contribution < -0.4 is 5.32 Å². The Morgan fingerprint density at radius 3 is 2.55 bits per heavy atom. The van der Waals surface area contributed by atoms with Crippen molar-refractivity contribution in [3.8, 4) is 17.3 Å². The predicted molar refractivity (Wildman–Crippen MR) is 87.1 cm³/mol. The van der Waals surface area contributed by atoms with E-state index in [1.54, 1.807) is 0 Å². The first-order valence-corrected chi connectivity index (χ1v) is 7.14. The Balaban J connectivity index is 1.62. The Morgan fingerprint density at radius 1 is 1.05 bits per heavy atom. The van der Waals surface area contributed by atoms with Gasteiger partial charge in [0, 0.05) is 11.3 Å². The molecule has 0 amide bonds. The minimum atomic E-state index is 0.446. The summed E-state index contributed by atoms with van der Waals surface area (Å²) in [4.78, 5) is 0. The van der Waals surface area contributed by atoms with Gasteiger partial charge in [-0.25, -0.2) is 0 Å². The maximum atomic E-state index is 8.66. The van der Waals surface area contributed by atoms with Crippen molar-refractivity contribution in [3.05, 3.63) is 71.9 Å². The summed E-state index contributed by atoms with van der Waals surface area (Å²) in [5.41, 5.74) is 5.13. The Bertz CT molecular complexity index is 767. The van der Waals surface area contributed by atoms with Crippen LogP contribution in [-0.4, -0.2) is 10.2 Å². The van der Waals surface area contributed by atoms with E-state index in [0.717, 1.165) is 28.2 Å². The van der Waals surface area contributed by atoms with Gasteiger partial charge >= 0.3 is 0 Å². The molecule has 1 aromatic heterocycles. The molecule has 0 radical (unpaired) electrons. The average molecular weight is 288 g/mol. The molecular formula is C18H16N4. The second-order valence-corrected chi connectivity index (χ2v) is 5.03. The second kappa shape index (κ2) is 6.59. The number of rotatable bonds is 5. The maximum Gasteiger partial charge on any atom is 0.0924 e. The highest BCUT2D eigenvalue weighted by Crippen LogP contribution is 2.17. The number of aromatic amines is 1. The lowest BCUT2D eigenvalue weighted by molar-refractivity contribution is 0.983. The third-order valence-corrected chi connectivity index (χ3v) is 3.42. The number of H-pyrrole nitrogens is 1. The Morgan fingerprint density at radius 2 is 1.82 bits per heavy atom. The quantitative estimate of drug-likeness (QED) is 0.751. The van der Waals surface area contributed by atoms with Crippen LogP contribution in [0.2, 0.25) is 0 Å². The molecule has 0 spiro atoms. The average Bonchev–Trinajstić information content (AvgIpc) is 3.04. The minimum absolute atomic E-state index is 0.446. The van der Waals surface area contributed by atoms with E-state index in [2.05, 4.69) is 21.6 Å². The van der Waals surface area contributed by atoms with E-state index in [1.165, 1.54) is 0 Å². The molecule has 3 aromatic rings. The third-order valence-electron chi connectivity index (χ3n) is 3.42. The first-order chi connectivity index (χ1) is 10.8. The fourth-order valence-electron chi connectivity index (χ4n) is 2.24.